The van der Waals surface area contributed by atoms with Crippen LogP contribution >= 0.6 is 0 Å². The number of aliphatic imine (C=N–C) groups is 3. The minimum Gasteiger partial charge on any atom is -0.287 e. The third-order valence-electron chi connectivity index (χ3n) is 1.42. The molecule has 0 radical (unpaired) electrons. The van der Waals surface area contributed by atoms with Gasteiger partial charge in [0.05, 0.1) is 6.04 Å². The quantitative estimate of drug-likeness (QED) is 0.482. The SMILES string of the molecule is CC=NC1C=NC=NC1C. The van der Waals surface area contributed by atoms with Crippen LogP contribution in [0, 0.1) is 0 Å². The van der Waals surface area contributed by atoms with Gasteiger partial charge in [0.15, 0.2) is 0 Å². The third kappa shape index (κ3) is 1.50. The van der Waals surface area contributed by atoms with E-state index in [4.69, 9.17) is 0 Å². The summed E-state index contributed by atoms with van der Waals surface area (Å²) < 4.78 is 0. The molecule has 1 heterocycles. The highest BCUT2D eigenvalue weighted by molar-refractivity contribution is 5.80. The molecule has 54 valence electrons. The van der Waals surface area contributed by atoms with Crippen LogP contribution in [0.2, 0.25) is 0 Å². The first-order chi connectivity index (χ1) is 4.84. The van der Waals surface area contributed by atoms with Gasteiger partial charge in [-0.2, -0.15) is 0 Å². The lowest BCUT2D eigenvalue weighted by Gasteiger charge is -2.13. The lowest BCUT2D eigenvalue weighted by molar-refractivity contribution is 0.687. The predicted molar refractivity (Wildman–Crippen MR) is 44.4 cm³/mol. The summed E-state index contributed by atoms with van der Waals surface area (Å²) in [7, 11) is 0. The monoisotopic (exact) mass is 137 g/mol. The Morgan fingerprint density at radius 2 is 2.40 bits per heavy atom. The molecule has 3 nitrogen and oxygen atoms in total. The molecule has 0 aliphatic carbocycles. The Balaban J connectivity index is 2.61. The Bertz CT molecular complexity index is 181. The molecule has 2 atom stereocenters. The van der Waals surface area contributed by atoms with Gasteiger partial charge in [0.2, 0.25) is 0 Å². The Morgan fingerprint density at radius 1 is 1.60 bits per heavy atom. The van der Waals surface area contributed by atoms with Gasteiger partial charge in [0, 0.05) is 6.21 Å². The molecule has 0 amide bonds. The van der Waals surface area contributed by atoms with Crippen LogP contribution in [0.3, 0.4) is 0 Å². The molecular formula is C7H11N3. The van der Waals surface area contributed by atoms with Crippen molar-refractivity contribution in [1.82, 2.24) is 0 Å². The molecule has 2 unspecified atom stereocenters. The summed E-state index contributed by atoms with van der Waals surface area (Å²) in [4.78, 5) is 12.2. The summed E-state index contributed by atoms with van der Waals surface area (Å²) in [5.74, 6) is 0. The lowest BCUT2D eigenvalue weighted by Crippen LogP contribution is -2.23. The molecule has 1 rings (SSSR count). The Morgan fingerprint density at radius 3 is 3.00 bits per heavy atom. The van der Waals surface area contributed by atoms with E-state index in [-0.39, 0.29) is 12.1 Å². The fourth-order valence-corrected chi connectivity index (χ4v) is 0.818. The number of hydrogen-bond donors (Lipinski definition) is 0. The average Bonchev–Trinajstić information content (AvgIpc) is 1.94. The lowest BCUT2D eigenvalue weighted by atomic mass is 10.2. The van der Waals surface area contributed by atoms with Gasteiger partial charge in [-0.3, -0.25) is 9.98 Å². The highest BCUT2D eigenvalue weighted by atomic mass is 15.0. The first kappa shape index (κ1) is 7.12. The molecule has 0 aromatic carbocycles. The van der Waals surface area contributed by atoms with Crippen molar-refractivity contribution in [2.75, 3.05) is 0 Å². The van der Waals surface area contributed by atoms with Crippen molar-refractivity contribution in [2.45, 2.75) is 25.9 Å². The summed E-state index contributed by atoms with van der Waals surface area (Å²) >= 11 is 0. The van der Waals surface area contributed by atoms with Gasteiger partial charge in [-0.15, -0.1) is 0 Å². The fourth-order valence-electron chi connectivity index (χ4n) is 0.818. The van der Waals surface area contributed by atoms with Crippen molar-refractivity contribution >= 4 is 18.8 Å². The second-order valence-electron chi connectivity index (χ2n) is 2.20. The van der Waals surface area contributed by atoms with Crippen molar-refractivity contribution in [1.29, 1.82) is 0 Å². The van der Waals surface area contributed by atoms with Crippen molar-refractivity contribution in [3.05, 3.63) is 0 Å². The minimum absolute atomic E-state index is 0.148. The van der Waals surface area contributed by atoms with E-state index >= 15 is 0 Å². The van der Waals surface area contributed by atoms with Crippen LogP contribution in [0.1, 0.15) is 13.8 Å². The van der Waals surface area contributed by atoms with E-state index in [1.54, 1.807) is 12.6 Å². The summed E-state index contributed by atoms with van der Waals surface area (Å²) in [5, 5.41) is 0. The molecular weight excluding hydrogens is 126 g/mol. The molecule has 1 aliphatic heterocycles. The smallest absolute Gasteiger partial charge is 0.109 e. The van der Waals surface area contributed by atoms with Crippen LogP contribution in [-0.2, 0) is 0 Å². The molecule has 0 aromatic heterocycles. The zero-order chi connectivity index (χ0) is 7.40. The second-order valence-corrected chi connectivity index (χ2v) is 2.20. The van der Waals surface area contributed by atoms with Crippen LogP contribution in [0.4, 0.5) is 0 Å². The largest absolute Gasteiger partial charge is 0.287 e. The number of nitrogens with zero attached hydrogens (tertiary/aromatic N) is 3. The zero-order valence-corrected chi connectivity index (χ0v) is 6.23. The van der Waals surface area contributed by atoms with Gasteiger partial charge >= 0.3 is 0 Å². The first-order valence-electron chi connectivity index (χ1n) is 3.37. The van der Waals surface area contributed by atoms with Crippen LogP contribution in [0.25, 0.3) is 0 Å². The Hall–Kier alpha value is -0.990. The molecule has 0 fully saturated rings. The molecule has 0 saturated heterocycles. The van der Waals surface area contributed by atoms with Crippen LogP contribution in [0.5, 0.6) is 0 Å². The van der Waals surface area contributed by atoms with Crippen molar-refractivity contribution in [2.24, 2.45) is 15.0 Å². The van der Waals surface area contributed by atoms with Gasteiger partial charge in [0.25, 0.3) is 0 Å². The van der Waals surface area contributed by atoms with E-state index in [1.807, 2.05) is 20.1 Å². The normalized spacial score (nSPS) is 31.8. The highest BCUT2D eigenvalue weighted by Crippen LogP contribution is 2.02. The van der Waals surface area contributed by atoms with Gasteiger partial charge in [-0.05, 0) is 20.1 Å². The molecule has 3 heteroatoms. The maximum absolute atomic E-state index is 4.18. The average molecular weight is 137 g/mol. The number of hydrogen-bond acceptors (Lipinski definition) is 3. The molecule has 0 aromatic rings. The summed E-state index contributed by atoms with van der Waals surface area (Å²) in [6, 6.07) is 0.392. The van der Waals surface area contributed by atoms with Crippen molar-refractivity contribution in [3.63, 3.8) is 0 Å². The predicted octanol–water partition coefficient (Wildman–Crippen LogP) is 0.947. The number of rotatable bonds is 1. The van der Waals surface area contributed by atoms with Gasteiger partial charge in [-0.1, -0.05) is 0 Å². The van der Waals surface area contributed by atoms with E-state index in [0.29, 0.717) is 0 Å². The third-order valence-corrected chi connectivity index (χ3v) is 1.42. The molecule has 0 N–H and O–H groups in total. The molecule has 10 heavy (non-hydrogen) atoms. The molecule has 0 bridgehead atoms. The van der Waals surface area contributed by atoms with E-state index in [0.717, 1.165) is 0 Å². The zero-order valence-electron chi connectivity index (χ0n) is 6.23. The van der Waals surface area contributed by atoms with Gasteiger partial charge in [0.1, 0.15) is 12.4 Å². The summed E-state index contributed by atoms with van der Waals surface area (Å²) in [6.45, 7) is 3.93. The maximum Gasteiger partial charge on any atom is 0.109 e. The summed E-state index contributed by atoms with van der Waals surface area (Å²) in [6.07, 6.45) is 5.18. The van der Waals surface area contributed by atoms with Gasteiger partial charge < -0.3 is 0 Å². The van der Waals surface area contributed by atoms with E-state index in [2.05, 4.69) is 15.0 Å². The Kier molecular flexibility index (Phi) is 2.31. The van der Waals surface area contributed by atoms with Crippen LogP contribution in [-0.4, -0.2) is 30.9 Å². The topological polar surface area (TPSA) is 37.1 Å². The highest BCUT2D eigenvalue weighted by Gasteiger charge is 2.12. The fraction of sp³-hybridized carbons (Fsp3) is 0.571. The van der Waals surface area contributed by atoms with Crippen molar-refractivity contribution in [3.8, 4) is 0 Å². The van der Waals surface area contributed by atoms with Crippen LogP contribution < -0.4 is 0 Å². The molecule has 1 aliphatic rings. The maximum atomic E-state index is 4.18. The second kappa shape index (κ2) is 3.25. The minimum atomic E-state index is 0.148. The van der Waals surface area contributed by atoms with E-state index < -0.39 is 0 Å². The van der Waals surface area contributed by atoms with E-state index in [1.165, 1.54) is 0 Å². The first-order valence-corrected chi connectivity index (χ1v) is 3.37. The standard InChI is InChI=1S/C7H11N3/c1-3-9-7-4-8-5-10-6(7)2/h3-7H,1-2H3. The van der Waals surface area contributed by atoms with E-state index in [9.17, 15) is 0 Å². The van der Waals surface area contributed by atoms with Crippen molar-refractivity contribution < 1.29 is 0 Å². The van der Waals surface area contributed by atoms with Gasteiger partial charge in [-0.25, -0.2) is 4.99 Å². The molecule has 0 spiro atoms. The Labute approximate surface area is 60.6 Å². The van der Waals surface area contributed by atoms with Crippen LogP contribution in [0.15, 0.2) is 15.0 Å². The summed E-state index contributed by atoms with van der Waals surface area (Å²) in [5.41, 5.74) is 0. The molecule has 0 saturated carbocycles.